The molecule has 0 aromatic heterocycles. The SMILES string of the molecule is NC(=O)c1ccc(NCCOc2cccc(N)c2)c(F)c1. The summed E-state index contributed by atoms with van der Waals surface area (Å²) in [5.74, 6) is -0.540. The van der Waals surface area contributed by atoms with Crippen LogP contribution in [0, 0.1) is 5.82 Å². The minimum Gasteiger partial charge on any atom is -0.492 e. The van der Waals surface area contributed by atoms with Crippen molar-refractivity contribution >= 4 is 17.3 Å². The standard InChI is InChI=1S/C15H16FN3O2/c16-13-8-10(15(18)20)4-5-14(13)19-6-7-21-12-3-1-2-11(17)9-12/h1-5,8-9,19H,6-7,17H2,(H2,18,20). The lowest BCUT2D eigenvalue weighted by molar-refractivity contribution is 0.1000. The Balaban J connectivity index is 1.85. The third-order valence-electron chi connectivity index (χ3n) is 2.80. The van der Waals surface area contributed by atoms with Crippen LogP contribution in [0.2, 0.25) is 0 Å². The van der Waals surface area contributed by atoms with Crippen molar-refractivity contribution in [2.45, 2.75) is 0 Å². The fraction of sp³-hybridized carbons (Fsp3) is 0.133. The number of benzene rings is 2. The Morgan fingerprint density at radius 1 is 1.24 bits per heavy atom. The molecule has 0 aliphatic rings. The van der Waals surface area contributed by atoms with Crippen LogP contribution in [-0.4, -0.2) is 19.1 Å². The maximum Gasteiger partial charge on any atom is 0.248 e. The van der Waals surface area contributed by atoms with Crippen LogP contribution in [0.1, 0.15) is 10.4 Å². The molecular formula is C15H16FN3O2. The highest BCUT2D eigenvalue weighted by atomic mass is 19.1. The molecule has 0 aliphatic carbocycles. The van der Waals surface area contributed by atoms with Crippen molar-refractivity contribution in [1.82, 2.24) is 0 Å². The van der Waals surface area contributed by atoms with Gasteiger partial charge in [-0.1, -0.05) is 6.07 Å². The van der Waals surface area contributed by atoms with Crippen LogP contribution in [0.4, 0.5) is 15.8 Å². The highest BCUT2D eigenvalue weighted by Gasteiger charge is 2.06. The predicted molar refractivity (Wildman–Crippen MR) is 79.8 cm³/mol. The molecule has 0 bridgehead atoms. The molecule has 0 fully saturated rings. The van der Waals surface area contributed by atoms with E-state index in [9.17, 15) is 9.18 Å². The van der Waals surface area contributed by atoms with Gasteiger partial charge in [-0.15, -0.1) is 0 Å². The number of nitrogens with one attached hydrogen (secondary N) is 1. The number of hydrogen-bond donors (Lipinski definition) is 3. The molecule has 0 unspecified atom stereocenters. The quantitative estimate of drug-likeness (QED) is 0.560. The lowest BCUT2D eigenvalue weighted by atomic mass is 10.2. The molecule has 5 nitrogen and oxygen atoms in total. The summed E-state index contributed by atoms with van der Waals surface area (Å²) >= 11 is 0. The number of carbonyl (C=O) groups excluding carboxylic acids is 1. The van der Waals surface area contributed by atoms with Crippen LogP contribution >= 0.6 is 0 Å². The first kappa shape index (κ1) is 14.6. The summed E-state index contributed by atoms with van der Waals surface area (Å²) in [6.07, 6.45) is 0. The average Bonchev–Trinajstić information content (AvgIpc) is 2.45. The first-order valence-corrected chi connectivity index (χ1v) is 6.38. The van der Waals surface area contributed by atoms with Crippen LogP contribution in [-0.2, 0) is 0 Å². The Morgan fingerprint density at radius 3 is 2.71 bits per heavy atom. The summed E-state index contributed by atoms with van der Waals surface area (Å²) in [6, 6.07) is 11.1. The van der Waals surface area contributed by atoms with E-state index in [0.29, 0.717) is 24.6 Å². The number of nitrogen functional groups attached to an aromatic ring is 1. The van der Waals surface area contributed by atoms with Gasteiger partial charge in [-0.2, -0.15) is 0 Å². The summed E-state index contributed by atoms with van der Waals surface area (Å²) in [5, 5.41) is 2.88. The smallest absolute Gasteiger partial charge is 0.248 e. The maximum absolute atomic E-state index is 13.7. The minimum atomic E-state index is -0.662. The normalized spacial score (nSPS) is 10.1. The summed E-state index contributed by atoms with van der Waals surface area (Å²) < 4.78 is 19.2. The Labute approximate surface area is 121 Å². The average molecular weight is 289 g/mol. The van der Waals surface area contributed by atoms with Gasteiger partial charge in [0.25, 0.3) is 0 Å². The second kappa shape index (κ2) is 6.60. The second-order valence-corrected chi connectivity index (χ2v) is 4.41. The van der Waals surface area contributed by atoms with E-state index in [-0.39, 0.29) is 11.3 Å². The molecule has 110 valence electrons. The van der Waals surface area contributed by atoms with Crippen LogP contribution in [0.5, 0.6) is 5.75 Å². The first-order chi connectivity index (χ1) is 10.1. The van der Waals surface area contributed by atoms with Gasteiger partial charge in [0.2, 0.25) is 5.91 Å². The molecule has 2 aromatic carbocycles. The summed E-state index contributed by atoms with van der Waals surface area (Å²) in [4.78, 5) is 10.9. The van der Waals surface area contributed by atoms with Crippen LogP contribution < -0.4 is 21.5 Å². The number of amides is 1. The van der Waals surface area contributed by atoms with Gasteiger partial charge >= 0.3 is 0 Å². The van der Waals surface area contributed by atoms with E-state index >= 15 is 0 Å². The van der Waals surface area contributed by atoms with Crippen molar-refractivity contribution in [2.24, 2.45) is 5.73 Å². The van der Waals surface area contributed by atoms with Gasteiger partial charge in [-0.05, 0) is 30.3 Å². The lowest BCUT2D eigenvalue weighted by Gasteiger charge is -2.10. The van der Waals surface area contributed by atoms with Crippen LogP contribution in [0.3, 0.4) is 0 Å². The lowest BCUT2D eigenvalue weighted by Crippen LogP contribution is -2.14. The molecule has 0 saturated carbocycles. The van der Waals surface area contributed by atoms with Gasteiger partial charge in [0.15, 0.2) is 0 Å². The molecule has 2 rings (SSSR count). The maximum atomic E-state index is 13.7. The molecule has 0 saturated heterocycles. The van der Waals surface area contributed by atoms with Crippen LogP contribution in [0.25, 0.3) is 0 Å². The van der Waals surface area contributed by atoms with Crippen molar-refractivity contribution < 1.29 is 13.9 Å². The van der Waals surface area contributed by atoms with Crippen molar-refractivity contribution in [2.75, 3.05) is 24.2 Å². The molecule has 2 aromatic rings. The van der Waals surface area contributed by atoms with Gasteiger partial charge in [-0.3, -0.25) is 4.79 Å². The number of ether oxygens (including phenoxy) is 1. The van der Waals surface area contributed by atoms with Crippen LogP contribution in [0.15, 0.2) is 42.5 Å². The molecule has 0 aliphatic heterocycles. The van der Waals surface area contributed by atoms with Crippen molar-refractivity contribution in [3.63, 3.8) is 0 Å². The molecule has 0 spiro atoms. The second-order valence-electron chi connectivity index (χ2n) is 4.41. The van der Waals surface area contributed by atoms with Crippen molar-refractivity contribution in [3.8, 4) is 5.75 Å². The molecule has 0 radical (unpaired) electrons. The first-order valence-electron chi connectivity index (χ1n) is 6.38. The summed E-state index contributed by atoms with van der Waals surface area (Å²) in [7, 11) is 0. The minimum absolute atomic E-state index is 0.133. The monoisotopic (exact) mass is 289 g/mol. The van der Waals surface area contributed by atoms with E-state index in [0.717, 1.165) is 6.07 Å². The molecule has 0 heterocycles. The molecule has 5 N–H and O–H groups in total. The third-order valence-corrected chi connectivity index (χ3v) is 2.80. The predicted octanol–water partition coefficient (Wildman–Crippen LogP) is 2.00. The number of halogens is 1. The zero-order valence-corrected chi connectivity index (χ0v) is 11.3. The Bertz CT molecular complexity index is 647. The van der Waals surface area contributed by atoms with Crippen molar-refractivity contribution in [3.05, 3.63) is 53.8 Å². The zero-order chi connectivity index (χ0) is 15.2. The molecule has 21 heavy (non-hydrogen) atoms. The third kappa shape index (κ3) is 4.10. The number of nitrogens with two attached hydrogens (primary N) is 2. The van der Waals surface area contributed by atoms with Gasteiger partial charge in [0.1, 0.15) is 18.2 Å². The highest BCUT2D eigenvalue weighted by molar-refractivity contribution is 5.93. The number of hydrogen-bond acceptors (Lipinski definition) is 4. The Kier molecular flexibility index (Phi) is 4.61. The molecule has 1 amide bonds. The number of carbonyl (C=O) groups is 1. The topological polar surface area (TPSA) is 90.4 Å². The molecule has 0 atom stereocenters. The van der Waals surface area contributed by atoms with Crippen molar-refractivity contribution in [1.29, 1.82) is 0 Å². The van der Waals surface area contributed by atoms with E-state index in [1.165, 1.54) is 12.1 Å². The van der Waals surface area contributed by atoms with Gasteiger partial charge < -0.3 is 21.5 Å². The fourth-order valence-corrected chi connectivity index (χ4v) is 1.77. The molecule has 6 heteroatoms. The largest absolute Gasteiger partial charge is 0.492 e. The zero-order valence-electron chi connectivity index (χ0n) is 11.3. The highest BCUT2D eigenvalue weighted by Crippen LogP contribution is 2.16. The van der Waals surface area contributed by atoms with Gasteiger partial charge in [-0.25, -0.2) is 4.39 Å². The number of rotatable bonds is 6. The Hall–Kier alpha value is -2.76. The summed E-state index contributed by atoms with van der Waals surface area (Å²) in [5.41, 5.74) is 11.7. The van der Waals surface area contributed by atoms with E-state index in [2.05, 4.69) is 5.32 Å². The number of anilines is 2. The summed E-state index contributed by atoms with van der Waals surface area (Å²) in [6.45, 7) is 0.752. The van der Waals surface area contributed by atoms with E-state index in [1.807, 2.05) is 0 Å². The van der Waals surface area contributed by atoms with Gasteiger partial charge in [0.05, 0.1) is 5.69 Å². The fourth-order valence-electron chi connectivity index (χ4n) is 1.77. The van der Waals surface area contributed by atoms with Gasteiger partial charge in [0, 0.05) is 23.9 Å². The van der Waals surface area contributed by atoms with E-state index < -0.39 is 11.7 Å². The van der Waals surface area contributed by atoms with E-state index in [4.69, 9.17) is 16.2 Å². The number of primary amides is 1. The van der Waals surface area contributed by atoms with E-state index in [1.54, 1.807) is 24.3 Å². The molecular weight excluding hydrogens is 273 g/mol. The Morgan fingerprint density at radius 2 is 2.05 bits per heavy atom.